The maximum absolute atomic E-state index is 18.0. The van der Waals surface area contributed by atoms with Gasteiger partial charge in [-0.15, -0.1) is 0 Å². The summed E-state index contributed by atoms with van der Waals surface area (Å²) in [7, 11) is -10.3. The third kappa shape index (κ3) is 10.5. The SMILES string of the molecule is CCc1cc(C)c(-c2cc3ccccc3c3c2OP(O)(=NP2(=O)Oc4c(-c5c(CC)cc(C)cc5CC)cc5ccccc5c4-c4c(c(-c5c(CC)cc(C)cc5CC)cc5ccccc45)O2)Oc2c(-c4c(C)cc(CC)cc4CC)cc4ccccc4c2-3)c(CC)c1. The number of hydrogen-bond acceptors (Lipinski definition) is 5. The lowest BCUT2D eigenvalue weighted by molar-refractivity contribution is 0.361. The molecule has 93 heavy (non-hydrogen) atoms. The average Bonchev–Trinajstić information content (AvgIpc) is 1.67. The van der Waals surface area contributed by atoms with Gasteiger partial charge in [-0.3, -0.25) is 4.89 Å². The minimum atomic E-state index is -5.23. The summed E-state index contributed by atoms with van der Waals surface area (Å²) in [5, 5.41) is 7.47. The van der Waals surface area contributed by atoms with Gasteiger partial charge in [0.25, 0.3) is 0 Å². The van der Waals surface area contributed by atoms with Gasteiger partial charge in [0.15, 0.2) is 0 Å². The predicted molar refractivity (Wildman–Crippen MR) is 391 cm³/mol. The molecule has 0 fully saturated rings. The van der Waals surface area contributed by atoms with Gasteiger partial charge in [-0.2, -0.15) is 0 Å². The van der Waals surface area contributed by atoms with Crippen LogP contribution in [-0.2, 0) is 55.9 Å². The van der Waals surface area contributed by atoms with Crippen molar-refractivity contribution in [2.75, 3.05) is 0 Å². The monoisotopic (exact) mass is 1260 g/mol. The molecule has 0 saturated heterocycles. The Hall–Kier alpha value is -8.70. The molecule has 0 saturated carbocycles. The first-order chi connectivity index (χ1) is 45.1. The van der Waals surface area contributed by atoms with Crippen molar-refractivity contribution < 1.29 is 27.6 Å². The summed E-state index contributed by atoms with van der Waals surface area (Å²) in [5.41, 5.74) is 23.6. The molecule has 0 aliphatic carbocycles. The number of benzene rings is 12. The van der Waals surface area contributed by atoms with E-state index in [0.29, 0.717) is 23.0 Å². The van der Waals surface area contributed by atoms with Crippen LogP contribution in [0, 0.1) is 27.7 Å². The van der Waals surface area contributed by atoms with Gasteiger partial charge in [0.2, 0.25) is 0 Å². The maximum atomic E-state index is 18.0. The second kappa shape index (κ2) is 24.3. The van der Waals surface area contributed by atoms with Crippen molar-refractivity contribution in [3.63, 3.8) is 0 Å². The Balaban J connectivity index is 1.18. The molecule has 1 N–H and O–H groups in total. The zero-order valence-corrected chi connectivity index (χ0v) is 57.4. The number of aryl methyl sites for hydroxylation is 12. The fraction of sp³-hybridized carbons (Fsp3) is 0.238. The van der Waals surface area contributed by atoms with Crippen LogP contribution in [0.2, 0.25) is 0 Å². The van der Waals surface area contributed by atoms with E-state index < -0.39 is 15.5 Å². The Morgan fingerprint density at radius 3 is 0.882 bits per heavy atom. The van der Waals surface area contributed by atoms with Crippen LogP contribution >= 0.6 is 15.5 Å². The standard InChI is InChI=1S/C84H81NO6P2/c1-13-53-41-51(11)73(59(19-7)43-53)69-45-61-29-21-25-33-65(61)77-78-66-34-26-22-30-62(66)46-70(74-52(12)42-54(14-2)44-60(74)20-8)82(78)89-92(86,88-81(69)77)85-93(87)90-83-71(75-55(15-3)37-49(9)38-56(75)16-4)47-63-31-23-27-35-67(63)79(83)80-68-36-28-24-32-64(68)48-72(84(80)91-93)76-57(17-5)39-50(10)40-58(76)18-6/h21-48,86H,13-20H2,1-12H3. The van der Waals surface area contributed by atoms with Crippen molar-refractivity contribution in [3.05, 3.63) is 237 Å². The fourth-order valence-corrected chi connectivity index (χ4v) is 18.9. The Morgan fingerprint density at radius 1 is 0.323 bits per heavy atom. The van der Waals surface area contributed by atoms with Crippen LogP contribution in [0.15, 0.2) is 174 Å². The maximum Gasteiger partial charge on any atom is 0.569 e. The summed E-state index contributed by atoms with van der Waals surface area (Å²) in [5.74, 6) is 1.41. The molecule has 0 atom stereocenters. The van der Waals surface area contributed by atoms with E-state index in [1.165, 1.54) is 11.1 Å². The van der Waals surface area contributed by atoms with E-state index in [1.54, 1.807) is 0 Å². The van der Waals surface area contributed by atoms with Crippen molar-refractivity contribution in [1.82, 2.24) is 0 Å². The third-order valence-electron chi connectivity index (χ3n) is 19.6. The molecule has 7 nitrogen and oxygen atoms in total. The fourth-order valence-electron chi connectivity index (χ4n) is 15.5. The first kappa shape index (κ1) is 61.8. The molecule has 0 aromatic heterocycles. The molecule has 12 aromatic rings. The molecule has 468 valence electrons. The van der Waals surface area contributed by atoms with Crippen LogP contribution in [0.25, 0.3) is 110 Å². The number of fused-ring (bicyclic) bond motifs is 14. The lowest BCUT2D eigenvalue weighted by atomic mass is 9.82. The van der Waals surface area contributed by atoms with E-state index >= 15 is 4.57 Å². The van der Waals surface area contributed by atoms with Crippen LogP contribution in [0.3, 0.4) is 0 Å². The van der Waals surface area contributed by atoms with Gasteiger partial charge in [0.1, 0.15) is 23.0 Å². The summed E-state index contributed by atoms with van der Waals surface area (Å²) < 4.78 is 53.9. The summed E-state index contributed by atoms with van der Waals surface area (Å²) >= 11 is 0. The zero-order valence-electron chi connectivity index (χ0n) is 55.7. The predicted octanol–water partition coefficient (Wildman–Crippen LogP) is 24.3. The molecular formula is C84H81NO6P2. The molecule has 0 radical (unpaired) electrons. The largest absolute Gasteiger partial charge is 0.569 e. The van der Waals surface area contributed by atoms with E-state index in [4.69, 9.17) is 22.6 Å². The Morgan fingerprint density at radius 2 is 0.591 bits per heavy atom. The second-order valence-electron chi connectivity index (χ2n) is 25.4. The van der Waals surface area contributed by atoms with Crippen molar-refractivity contribution >= 4 is 58.6 Å². The number of nitrogens with zero attached hydrogens (tertiary/aromatic N) is 1. The van der Waals surface area contributed by atoms with Crippen molar-refractivity contribution in [3.8, 4) is 89.8 Å². The lowest BCUT2D eigenvalue weighted by Crippen LogP contribution is -2.06. The first-order valence-electron chi connectivity index (χ1n) is 33.6. The van der Waals surface area contributed by atoms with Crippen molar-refractivity contribution in [2.24, 2.45) is 4.52 Å². The summed E-state index contributed by atoms with van der Waals surface area (Å²) in [6.45, 7) is 26.1. The second-order valence-corrected chi connectivity index (χ2v) is 28.8. The van der Waals surface area contributed by atoms with Gasteiger partial charge < -0.3 is 18.1 Å². The highest BCUT2D eigenvalue weighted by molar-refractivity contribution is 7.64. The van der Waals surface area contributed by atoms with Gasteiger partial charge in [-0.1, -0.05) is 217 Å². The van der Waals surface area contributed by atoms with Crippen LogP contribution in [0.1, 0.15) is 122 Å². The van der Waals surface area contributed by atoms with E-state index in [0.717, 1.165) is 217 Å². The van der Waals surface area contributed by atoms with Crippen LogP contribution in [0.5, 0.6) is 23.0 Å². The van der Waals surface area contributed by atoms with Gasteiger partial charge in [-0.25, -0.2) is 4.57 Å². The van der Waals surface area contributed by atoms with Gasteiger partial charge in [0.05, 0.1) is 0 Å². The van der Waals surface area contributed by atoms with Crippen LogP contribution < -0.4 is 18.1 Å². The normalized spacial score (nSPS) is 13.7. The molecular weight excluding hydrogens is 1180 g/mol. The Bertz CT molecular complexity index is 4850. The highest BCUT2D eigenvalue weighted by Crippen LogP contribution is 2.71. The summed E-state index contributed by atoms with van der Waals surface area (Å²) in [6, 6.07) is 60.5. The van der Waals surface area contributed by atoms with E-state index in [9.17, 15) is 4.89 Å². The Kier molecular flexibility index (Phi) is 16.2. The quantitative estimate of drug-likeness (QED) is 0.116. The van der Waals surface area contributed by atoms with Gasteiger partial charge in [0, 0.05) is 44.5 Å². The average molecular weight is 1260 g/mol. The molecule has 2 heterocycles. The zero-order chi connectivity index (χ0) is 64.8. The van der Waals surface area contributed by atoms with Gasteiger partial charge in [-0.05, 0) is 224 Å². The number of rotatable bonds is 13. The van der Waals surface area contributed by atoms with Gasteiger partial charge >= 0.3 is 15.5 Å². The third-order valence-corrected chi connectivity index (χ3v) is 23.0. The molecule has 0 spiro atoms. The highest BCUT2D eigenvalue weighted by atomic mass is 31.2. The molecule has 0 amide bonds. The first-order valence-corrected chi connectivity index (χ1v) is 36.6. The Labute approximate surface area is 548 Å². The molecule has 0 bridgehead atoms. The van der Waals surface area contributed by atoms with Crippen molar-refractivity contribution in [1.29, 1.82) is 0 Å². The minimum Gasteiger partial charge on any atom is -0.408 e. The lowest BCUT2D eigenvalue weighted by Gasteiger charge is -2.25. The number of hydrogen-bond donors (Lipinski definition) is 1. The molecule has 9 heteroatoms. The highest BCUT2D eigenvalue weighted by Gasteiger charge is 2.46. The van der Waals surface area contributed by atoms with Crippen LogP contribution in [-0.4, -0.2) is 4.89 Å². The smallest absolute Gasteiger partial charge is 0.408 e. The minimum absolute atomic E-state index is 0.337. The molecule has 2 aliphatic heterocycles. The topological polar surface area (TPSA) is 86.6 Å². The molecule has 14 rings (SSSR count). The molecule has 2 aliphatic rings. The van der Waals surface area contributed by atoms with E-state index in [1.807, 2.05) is 0 Å². The summed E-state index contributed by atoms with van der Waals surface area (Å²) in [6.07, 6.45) is 6.08. The van der Waals surface area contributed by atoms with Crippen LogP contribution in [0.4, 0.5) is 0 Å². The van der Waals surface area contributed by atoms with E-state index in [2.05, 4.69) is 253 Å². The van der Waals surface area contributed by atoms with E-state index in [-0.39, 0.29) is 0 Å². The molecule has 12 aromatic carbocycles. The molecule has 0 unspecified atom stereocenters. The van der Waals surface area contributed by atoms with Crippen molar-refractivity contribution in [2.45, 2.75) is 134 Å². The summed E-state index contributed by atoms with van der Waals surface area (Å²) in [4.78, 5) is 14.8.